The SMILES string of the molecule is Cc1ccc(C(N)C2CC(C)CC(C)C2)c(Cl)c1. The molecule has 3 atom stereocenters. The normalized spacial score (nSPS) is 30.2. The minimum absolute atomic E-state index is 0.0864. The number of halogens is 1. The van der Waals surface area contributed by atoms with E-state index in [9.17, 15) is 0 Å². The third-order valence-electron chi connectivity index (χ3n) is 4.24. The van der Waals surface area contributed by atoms with Crippen molar-refractivity contribution >= 4 is 11.6 Å². The molecule has 1 aromatic carbocycles. The van der Waals surface area contributed by atoms with Gasteiger partial charge in [0.15, 0.2) is 0 Å². The Morgan fingerprint density at radius 2 is 1.78 bits per heavy atom. The molecule has 3 unspecified atom stereocenters. The molecular weight excluding hydrogens is 242 g/mol. The van der Waals surface area contributed by atoms with Gasteiger partial charge in [0.25, 0.3) is 0 Å². The van der Waals surface area contributed by atoms with Crippen molar-refractivity contribution in [2.75, 3.05) is 0 Å². The number of nitrogens with two attached hydrogens (primary N) is 1. The lowest BCUT2D eigenvalue weighted by Crippen LogP contribution is -2.29. The molecule has 2 rings (SSSR count). The second-order valence-corrected chi connectivity index (χ2v) is 6.64. The zero-order valence-electron chi connectivity index (χ0n) is 11.6. The van der Waals surface area contributed by atoms with E-state index >= 15 is 0 Å². The molecule has 0 aliphatic heterocycles. The fraction of sp³-hybridized carbons (Fsp3) is 0.625. The molecule has 1 fully saturated rings. The van der Waals surface area contributed by atoms with Crippen LogP contribution in [0.4, 0.5) is 0 Å². The summed E-state index contributed by atoms with van der Waals surface area (Å²) in [5.74, 6) is 2.15. The van der Waals surface area contributed by atoms with Crippen molar-refractivity contribution in [3.05, 3.63) is 34.3 Å². The molecule has 1 aliphatic rings. The molecule has 0 bridgehead atoms. The second kappa shape index (κ2) is 5.63. The molecule has 18 heavy (non-hydrogen) atoms. The standard InChI is InChI=1S/C16H24ClN/c1-10-4-5-14(15(17)9-10)16(18)13-7-11(2)6-12(3)8-13/h4-5,9,11-13,16H,6-8,18H2,1-3H3. The van der Waals surface area contributed by atoms with E-state index in [-0.39, 0.29) is 6.04 Å². The fourth-order valence-corrected chi connectivity index (χ4v) is 3.82. The Kier molecular flexibility index (Phi) is 4.34. The Hall–Kier alpha value is -0.530. The Balaban J connectivity index is 2.17. The van der Waals surface area contributed by atoms with E-state index in [4.69, 9.17) is 17.3 Å². The molecule has 1 aromatic rings. The maximum atomic E-state index is 6.46. The van der Waals surface area contributed by atoms with Crippen molar-refractivity contribution in [3.63, 3.8) is 0 Å². The predicted molar refractivity (Wildman–Crippen MR) is 78.8 cm³/mol. The van der Waals surface area contributed by atoms with E-state index in [1.807, 2.05) is 6.07 Å². The van der Waals surface area contributed by atoms with Gasteiger partial charge in [-0.2, -0.15) is 0 Å². The zero-order chi connectivity index (χ0) is 13.3. The molecule has 0 spiro atoms. The van der Waals surface area contributed by atoms with Crippen LogP contribution < -0.4 is 5.73 Å². The number of aryl methyl sites for hydroxylation is 1. The van der Waals surface area contributed by atoms with E-state index in [0.717, 1.165) is 22.4 Å². The van der Waals surface area contributed by atoms with Gasteiger partial charge in [-0.05, 0) is 61.1 Å². The summed E-state index contributed by atoms with van der Waals surface area (Å²) >= 11 is 6.34. The molecule has 0 heterocycles. The zero-order valence-corrected chi connectivity index (χ0v) is 12.4. The van der Waals surface area contributed by atoms with Crippen LogP contribution in [0.1, 0.15) is 50.3 Å². The van der Waals surface area contributed by atoms with Gasteiger partial charge in [-0.15, -0.1) is 0 Å². The van der Waals surface area contributed by atoms with Crippen LogP contribution in [-0.4, -0.2) is 0 Å². The van der Waals surface area contributed by atoms with Crippen molar-refractivity contribution in [2.24, 2.45) is 23.5 Å². The van der Waals surface area contributed by atoms with E-state index < -0.39 is 0 Å². The molecule has 1 aliphatic carbocycles. The molecule has 0 radical (unpaired) electrons. The monoisotopic (exact) mass is 265 g/mol. The molecular formula is C16H24ClN. The van der Waals surface area contributed by atoms with Crippen molar-refractivity contribution < 1.29 is 0 Å². The first-order chi connectivity index (χ1) is 8.47. The minimum atomic E-state index is 0.0864. The van der Waals surface area contributed by atoms with Gasteiger partial charge in [0, 0.05) is 11.1 Å². The largest absolute Gasteiger partial charge is 0.324 e. The van der Waals surface area contributed by atoms with Crippen LogP contribution in [0.15, 0.2) is 18.2 Å². The van der Waals surface area contributed by atoms with Gasteiger partial charge in [-0.25, -0.2) is 0 Å². The Bertz CT molecular complexity index is 406. The summed E-state index contributed by atoms with van der Waals surface area (Å²) in [4.78, 5) is 0. The maximum absolute atomic E-state index is 6.46. The molecule has 2 N–H and O–H groups in total. The Morgan fingerprint density at radius 3 is 2.33 bits per heavy atom. The van der Waals surface area contributed by atoms with E-state index in [1.54, 1.807) is 0 Å². The van der Waals surface area contributed by atoms with Crippen LogP contribution in [-0.2, 0) is 0 Å². The van der Waals surface area contributed by atoms with Crippen LogP contribution >= 0.6 is 11.6 Å². The van der Waals surface area contributed by atoms with Gasteiger partial charge in [-0.1, -0.05) is 37.6 Å². The number of hydrogen-bond acceptors (Lipinski definition) is 1. The van der Waals surface area contributed by atoms with Crippen molar-refractivity contribution in [1.29, 1.82) is 0 Å². The van der Waals surface area contributed by atoms with E-state index in [1.165, 1.54) is 24.8 Å². The van der Waals surface area contributed by atoms with Crippen LogP contribution in [0, 0.1) is 24.7 Å². The summed E-state index contributed by atoms with van der Waals surface area (Å²) in [5.41, 5.74) is 8.78. The number of hydrogen-bond donors (Lipinski definition) is 1. The Labute approximate surface area is 116 Å². The smallest absolute Gasteiger partial charge is 0.0456 e. The third kappa shape index (κ3) is 3.07. The Morgan fingerprint density at radius 1 is 1.17 bits per heavy atom. The summed E-state index contributed by atoms with van der Waals surface area (Å²) in [6, 6.07) is 6.32. The molecule has 0 saturated heterocycles. The molecule has 0 amide bonds. The van der Waals surface area contributed by atoms with Crippen molar-refractivity contribution in [1.82, 2.24) is 0 Å². The fourth-order valence-electron chi connectivity index (χ4n) is 3.46. The topological polar surface area (TPSA) is 26.0 Å². The van der Waals surface area contributed by atoms with E-state index in [0.29, 0.717) is 5.92 Å². The highest BCUT2D eigenvalue weighted by Gasteiger charge is 2.29. The summed E-state index contributed by atoms with van der Waals surface area (Å²) in [6.07, 6.45) is 3.80. The predicted octanol–water partition coefficient (Wildman–Crippen LogP) is 4.72. The first-order valence-electron chi connectivity index (χ1n) is 6.99. The van der Waals surface area contributed by atoms with Gasteiger partial charge >= 0.3 is 0 Å². The van der Waals surface area contributed by atoms with Crippen LogP contribution in [0.5, 0.6) is 0 Å². The first-order valence-corrected chi connectivity index (χ1v) is 7.36. The van der Waals surface area contributed by atoms with Gasteiger partial charge < -0.3 is 5.73 Å². The molecule has 0 aromatic heterocycles. The quantitative estimate of drug-likeness (QED) is 0.823. The average molecular weight is 266 g/mol. The summed E-state index contributed by atoms with van der Waals surface area (Å²) in [7, 11) is 0. The summed E-state index contributed by atoms with van der Waals surface area (Å²) < 4.78 is 0. The summed E-state index contributed by atoms with van der Waals surface area (Å²) in [6.45, 7) is 6.74. The summed E-state index contributed by atoms with van der Waals surface area (Å²) in [5, 5.41) is 0.827. The van der Waals surface area contributed by atoms with Crippen molar-refractivity contribution in [3.8, 4) is 0 Å². The first kappa shape index (κ1) is 13.9. The number of benzene rings is 1. The minimum Gasteiger partial charge on any atom is -0.324 e. The third-order valence-corrected chi connectivity index (χ3v) is 4.57. The second-order valence-electron chi connectivity index (χ2n) is 6.23. The van der Waals surface area contributed by atoms with Crippen LogP contribution in [0.25, 0.3) is 0 Å². The number of rotatable bonds is 2. The molecule has 1 saturated carbocycles. The molecule has 100 valence electrons. The highest BCUT2D eigenvalue weighted by molar-refractivity contribution is 6.31. The lowest BCUT2D eigenvalue weighted by molar-refractivity contribution is 0.193. The van der Waals surface area contributed by atoms with Gasteiger partial charge in [0.2, 0.25) is 0 Å². The van der Waals surface area contributed by atoms with Gasteiger partial charge in [0.1, 0.15) is 0 Å². The lowest BCUT2D eigenvalue weighted by Gasteiger charge is -2.35. The van der Waals surface area contributed by atoms with Crippen LogP contribution in [0.2, 0.25) is 5.02 Å². The van der Waals surface area contributed by atoms with E-state index in [2.05, 4.69) is 32.9 Å². The van der Waals surface area contributed by atoms with Crippen molar-refractivity contribution in [2.45, 2.75) is 46.1 Å². The highest BCUT2D eigenvalue weighted by atomic mass is 35.5. The molecule has 2 heteroatoms. The lowest BCUT2D eigenvalue weighted by atomic mass is 9.72. The molecule has 1 nitrogen and oxygen atoms in total. The maximum Gasteiger partial charge on any atom is 0.0456 e. The van der Waals surface area contributed by atoms with Gasteiger partial charge in [-0.3, -0.25) is 0 Å². The van der Waals surface area contributed by atoms with Crippen LogP contribution in [0.3, 0.4) is 0 Å². The highest BCUT2D eigenvalue weighted by Crippen LogP contribution is 2.40. The average Bonchev–Trinajstić information content (AvgIpc) is 2.26. The van der Waals surface area contributed by atoms with Gasteiger partial charge in [0.05, 0.1) is 0 Å².